The lowest BCUT2D eigenvalue weighted by molar-refractivity contribution is 0.378. The molecule has 78 valence electrons. The number of rotatable bonds is 0. The Bertz CT molecular complexity index is 308. The molecule has 14 heavy (non-hydrogen) atoms. The molecule has 0 bridgehead atoms. The topological polar surface area (TPSA) is 0 Å². The second kappa shape index (κ2) is 4.63. The molecule has 0 saturated carbocycles. The van der Waals surface area contributed by atoms with E-state index in [1.165, 1.54) is 11.5 Å². The maximum atomic E-state index is 12.0. The van der Waals surface area contributed by atoms with E-state index < -0.39 is 29.1 Å². The van der Waals surface area contributed by atoms with Crippen LogP contribution >= 0.6 is 11.8 Å². The highest BCUT2D eigenvalue weighted by Gasteiger charge is 2.18. The fourth-order valence-corrected chi connectivity index (χ4v) is 0.544. The molecule has 1 aliphatic rings. The summed E-state index contributed by atoms with van der Waals surface area (Å²) in [7, 11) is 0. The third-order valence-corrected chi connectivity index (χ3v) is 1.67. The zero-order chi connectivity index (χ0) is 10.7. The van der Waals surface area contributed by atoms with E-state index >= 15 is 0 Å². The van der Waals surface area contributed by atoms with Gasteiger partial charge in [0.2, 0.25) is 5.82 Å². The highest BCUT2D eigenvalue weighted by atomic mass is 32.2. The first-order valence-electron chi connectivity index (χ1n) is 3.60. The average molecular weight is 228 g/mol. The summed E-state index contributed by atoms with van der Waals surface area (Å²) >= 11 is 2.00. The van der Waals surface area contributed by atoms with Crippen LogP contribution in [0.15, 0.2) is 6.07 Å². The monoisotopic (exact) mass is 228 g/mol. The summed E-state index contributed by atoms with van der Waals surface area (Å²) in [6, 6.07) is -0.0618. The maximum Gasteiger partial charge on any atom is 0.200 e. The predicted octanol–water partition coefficient (Wildman–Crippen LogP) is 3.12. The van der Waals surface area contributed by atoms with Crippen LogP contribution in [-0.2, 0) is 0 Å². The van der Waals surface area contributed by atoms with Gasteiger partial charge in [-0.2, -0.15) is 11.8 Å². The van der Waals surface area contributed by atoms with Gasteiger partial charge in [-0.15, -0.1) is 0 Å². The van der Waals surface area contributed by atoms with Crippen LogP contribution in [0.25, 0.3) is 0 Å². The standard InChI is InChI=1S/C6HF5.C2H4S/c7-2-1-3(8)5(10)6(11)4(2)9;1-2-3-1/h1H;1-2H2. The molecule has 1 saturated heterocycles. The van der Waals surface area contributed by atoms with Crippen molar-refractivity contribution in [3.05, 3.63) is 35.2 Å². The van der Waals surface area contributed by atoms with Gasteiger partial charge >= 0.3 is 0 Å². The number of benzene rings is 1. The summed E-state index contributed by atoms with van der Waals surface area (Å²) in [5.41, 5.74) is 0. The van der Waals surface area contributed by atoms with E-state index in [9.17, 15) is 22.0 Å². The summed E-state index contributed by atoms with van der Waals surface area (Å²) in [6.07, 6.45) is 0. The molecule has 0 spiro atoms. The van der Waals surface area contributed by atoms with Gasteiger partial charge in [0.15, 0.2) is 23.3 Å². The fraction of sp³-hybridized carbons (Fsp3) is 0.250. The Morgan fingerprint density at radius 1 is 0.786 bits per heavy atom. The van der Waals surface area contributed by atoms with E-state index in [4.69, 9.17) is 0 Å². The summed E-state index contributed by atoms with van der Waals surface area (Å²) in [4.78, 5) is 0. The largest absolute Gasteiger partial charge is 0.204 e. The molecule has 0 amide bonds. The molecule has 0 aromatic heterocycles. The van der Waals surface area contributed by atoms with Crippen LogP contribution in [0, 0.1) is 29.1 Å². The molecular formula is C8H5F5S. The van der Waals surface area contributed by atoms with Gasteiger partial charge in [-0.05, 0) is 0 Å². The molecule has 6 heteroatoms. The number of hydrogen-bond donors (Lipinski definition) is 0. The van der Waals surface area contributed by atoms with Gasteiger partial charge in [0, 0.05) is 17.6 Å². The lowest BCUT2D eigenvalue weighted by Gasteiger charge is -1.96. The zero-order valence-corrected chi connectivity index (χ0v) is 7.61. The van der Waals surface area contributed by atoms with Crippen LogP contribution in [-0.4, -0.2) is 11.5 Å². The third-order valence-electron chi connectivity index (χ3n) is 1.26. The second-order valence-electron chi connectivity index (χ2n) is 2.39. The molecule has 1 aromatic rings. The van der Waals surface area contributed by atoms with E-state index in [1.807, 2.05) is 11.8 Å². The van der Waals surface area contributed by atoms with Gasteiger partial charge in [-0.25, -0.2) is 22.0 Å². The van der Waals surface area contributed by atoms with Crippen molar-refractivity contribution in [1.82, 2.24) is 0 Å². The zero-order valence-electron chi connectivity index (χ0n) is 6.79. The maximum absolute atomic E-state index is 12.0. The third kappa shape index (κ3) is 2.87. The van der Waals surface area contributed by atoms with E-state index in [1.54, 1.807) is 0 Å². The molecule has 1 aliphatic heterocycles. The molecule has 0 atom stereocenters. The highest BCUT2D eigenvalue weighted by molar-refractivity contribution is 8.06. The predicted molar refractivity (Wildman–Crippen MR) is 43.6 cm³/mol. The minimum atomic E-state index is -2.14. The van der Waals surface area contributed by atoms with Crippen molar-refractivity contribution in [2.24, 2.45) is 0 Å². The molecule has 0 nitrogen and oxygen atoms in total. The Labute approximate surface area is 81.1 Å². The molecule has 0 aliphatic carbocycles. The Balaban J connectivity index is 0.000000276. The van der Waals surface area contributed by atoms with Gasteiger partial charge in [-0.3, -0.25) is 0 Å². The normalized spacial score (nSPS) is 13.2. The highest BCUT2D eigenvalue weighted by Crippen LogP contribution is 2.16. The van der Waals surface area contributed by atoms with Crippen molar-refractivity contribution >= 4 is 11.8 Å². The number of hydrogen-bond acceptors (Lipinski definition) is 1. The van der Waals surface area contributed by atoms with Crippen LogP contribution in [0.1, 0.15) is 0 Å². The van der Waals surface area contributed by atoms with E-state index in [2.05, 4.69) is 0 Å². The van der Waals surface area contributed by atoms with Gasteiger partial charge in [0.1, 0.15) is 0 Å². The van der Waals surface area contributed by atoms with Crippen molar-refractivity contribution < 1.29 is 22.0 Å². The summed E-state index contributed by atoms with van der Waals surface area (Å²) < 4.78 is 60.0. The summed E-state index contributed by atoms with van der Waals surface area (Å²) in [6.45, 7) is 0. The molecule has 2 rings (SSSR count). The molecular weight excluding hydrogens is 223 g/mol. The van der Waals surface area contributed by atoms with Crippen molar-refractivity contribution in [1.29, 1.82) is 0 Å². The first-order valence-corrected chi connectivity index (χ1v) is 4.75. The van der Waals surface area contributed by atoms with Crippen molar-refractivity contribution in [2.45, 2.75) is 0 Å². The van der Waals surface area contributed by atoms with Crippen molar-refractivity contribution in [2.75, 3.05) is 11.5 Å². The lowest BCUT2D eigenvalue weighted by Crippen LogP contribution is -1.98. The van der Waals surface area contributed by atoms with Gasteiger partial charge < -0.3 is 0 Å². The van der Waals surface area contributed by atoms with Crippen molar-refractivity contribution in [3.8, 4) is 0 Å². The Hall–Kier alpha value is -0.780. The quantitative estimate of drug-likeness (QED) is 0.284. The van der Waals surface area contributed by atoms with Crippen LogP contribution < -0.4 is 0 Å². The average Bonchev–Trinajstić information content (AvgIpc) is 2.98. The Morgan fingerprint density at radius 3 is 1.43 bits per heavy atom. The van der Waals surface area contributed by atoms with Gasteiger partial charge in [0.25, 0.3) is 0 Å². The minimum Gasteiger partial charge on any atom is -0.204 e. The van der Waals surface area contributed by atoms with Gasteiger partial charge in [-0.1, -0.05) is 0 Å². The molecule has 1 aromatic carbocycles. The van der Waals surface area contributed by atoms with Crippen molar-refractivity contribution in [3.63, 3.8) is 0 Å². The smallest absolute Gasteiger partial charge is 0.200 e. The molecule has 0 unspecified atom stereocenters. The molecule has 1 fully saturated rings. The van der Waals surface area contributed by atoms with Crippen LogP contribution in [0.5, 0.6) is 0 Å². The molecule has 1 heterocycles. The first-order chi connectivity index (χ1) is 6.54. The molecule has 0 N–H and O–H groups in total. The van der Waals surface area contributed by atoms with E-state index in [-0.39, 0.29) is 6.07 Å². The Kier molecular flexibility index (Phi) is 3.74. The van der Waals surface area contributed by atoms with E-state index in [0.717, 1.165) is 0 Å². The second-order valence-corrected chi connectivity index (χ2v) is 3.62. The van der Waals surface area contributed by atoms with E-state index in [0.29, 0.717) is 0 Å². The Morgan fingerprint density at radius 2 is 1.14 bits per heavy atom. The van der Waals surface area contributed by atoms with Crippen LogP contribution in [0.4, 0.5) is 22.0 Å². The van der Waals surface area contributed by atoms with Crippen LogP contribution in [0.2, 0.25) is 0 Å². The summed E-state index contributed by atoms with van der Waals surface area (Å²) in [5, 5.41) is 0. The van der Waals surface area contributed by atoms with Gasteiger partial charge in [0.05, 0.1) is 0 Å². The number of thioether (sulfide) groups is 1. The first kappa shape index (κ1) is 11.3. The summed E-state index contributed by atoms with van der Waals surface area (Å²) in [5.74, 6) is -6.82. The van der Waals surface area contributed by atoms with Crippen LogP contribution in [0.3, 0.4) is 0 Å². The fourth-order valence-electron chi connectivity index (χ4n) is 0.544. The minimum absolute atomic E-state index is 0.0618. The number of halogens is 5. The SMILES string of the molecule is C1CS1.Fc1cc(F)c(F)c(F)c1F. The lowest BCUT2D eigenvalue weighted by atomic mass is 10.3. The molecule has 0 radical (unpaired) electrons.